The van der Waals surface area contributed by atoms with E-state index in [1.807, 2.05) is 56.6 Å². The number of nitrogens with zero attached hydrogens (tertiary/aromatic N) is 3. The Balaban J connectivity index is 1.21. The number of rotatable bonds is 7. The van der Waals surface area contributed by atoms with E-state index in [1.165, 1.54) is 30.7 Å². The van der Waals surface area contributed by atoms with E-state index in [4.69, 9.17) is 24.9 Å². The highest BCUT2D eigenvalue weighted by Crippen LogP contribution is 2.39. The molecule has 1 aliphatic heterocycles. The van der Waals surface area contributed by atoms with E-state index in [-0.39, 0.29) is 0 Å². The highest BCUT2D eigenvalue weighted by Gasteiger charge is 2.29. The van der Waals surface area contributed by atoms with E-state index in [1.54, 1.807) is 18.4 Å². The Bertz CT molecular complexity index is 1310. The van der Waals surface area contributed by atoms with Gasteiger partial charge in [-0.2, -0.15) is 0 Å². The fraction of sp³-hybridized carbons (Fsp3) is 0.484. The third-order valence-electron chi connectivity index (χ3n) is 7.64. The summed E-state index contributed by atoms with van der Waals surface area (Å²) in [6.45, 7) is 8.13. The number of anilines is 1. The van der Waals surface area contributed by atoms with Crippen molar-refractivity contribution in [3.05, 3.63) is 58.9 Å². The second-order valence-corrected chi connectivity index (χ2v) is 11.8. The summed E-state index contributed by atoms with van der Waals surface area (Å²) >= 11 is 1.76. The highest BCUT2D eigenvalue weighted by molar-refractivity contribution is 7.15. The van der Waals surface area contributed by atoms with Crippen LogP contribution in [-0.2, 0) is 16.1 Å². The predicted molar refractivity (Wildman–Crippen MR) is 156 cm³/mol. The summed E-state index contributed by atoms with van der Waals surface area (Å²) in [7, 11) is 1.66. The third-order valence-corrected chi connectivity index (χ3v) is 8.85. The molecule has 0 amide bonds. The lowest BCUT2D eigenvalue weighted by atomic mass is 9.85. The van der Waals surface area contributed by atoms with Crippen LogP contribution in [0.4, 0.5) is 5.82 Å². The van der Waals surface area contributed by atoms with E-state index < -0.39 is 5.60 Å². The lowest BCUT2D eigenvalue weighted by Crippen LogP contribution is -2.44. The Morgan fingerprint density at radius 2 is 1.90 bits per heavy atom. The molecule has 39 heavy (non-hydrogen) atoms. The molecule has 2 fully saturated rings. The van der Waals surface area contributed by atoms with Gasteiger partial charge in [0.05, 0.1) is 23.1 Å². The molecule has 1 saturated heterocycles. The van der Waals surface area contributed by atoms with Crippen molar-refractivity contribution in [1.29, 1.82) is 0 Å². The summed E-state index contributed by atoms with van der Waals surface area (Å²) in [6.07, 6.45) is 8.62. The Hall–Kier alpha value is -2.96. The zero-order valence-electron chi connectivity index (χ0n) is 23.1. The normalized spacial score (nSPS) is 20.3. The number of methoxy groups -OCH3 is 1. The van der Waals surface area contributed by atoms with E-state index in [2.05, 4.69) is 21.7 Å². The van der Waals surface area contributed by atoms with Crippen molar-refractivity contribution < 1.29 is 14.2 Å². The fourth-order valence-corrected chi connectivity index (χ4v) is 6.19. The van der Waals surface area contributed by atoms with E-state index in [0.29, 0.717) is 30.1 Å². The molecule has 0 bridgehead atoms. The number of nitrogen functional groups attached to an aromatic ring is 1. The maximum atomic E-state index is 6.17. The average Bonchev–Trinajstić information content (AvgIpc) is 3.47. The van der Waals surface area contributed by atoms with Crippen LogP contribution in [0.25, 0.3) is 10.4 Å². The number of thiazole rings is 1. The molecule has 8 heteroatoms. The van der Waals surface area contributed by atoms with Crippen molar-refractivity contribution in [3.63, 3.8) is 0 Å². The Labute approximate surface area is 235 Å². The molecule has 3 aromatic rings. The van der Waals surface area contributed by atoms with Gasteiger partial charge >= 0.3 is 0 Å². The second kappa shape index (κ2) is 12.5. The first-order valence-electron chi connectivity index (χ1n) is 13.7. The molecule has 1 aliphatic carbocycles. The first-order valence-corrected chi connectivity index (χ1v) is 14.6. The standard InChI is InChI=1S/C31H38N4O3S/c1-31(2,36-3)12-11-22-5-4-6-23(17-22)21-38-27-18-25(19-33-29(27)32)28-20-34-30(39-28)24-7-9-26(10-8-24)35-13-15-37-16-14-35/h4-6,17-20,24,26H,7-10,13-16,21H2,1-3H3,(H2,32,33). The number of ether oxygens (including phenoxy) is 3. The molecule has 0 unspecified atom stereocenters. The van der Waals surface area contributed by atoms with Gasteiger partial charge in [-0.3, -0.25) is 4.90 Å². The van der Waals surface area contributed by atoms with Gasteiger partial charge in [0, 0.05) is 55.7 Å². The molecular formula is C31H38N4O3S. The smallest absolute Gasteiger partial charge is 0.166 e. The van der Waals surface area contributed by atoms with Crippen molar-refractivity contribution in [1.82, 2.24) is 14.9 Å². The van der Waals surface area contributed by atoms with Gasteiger partial charge in [-0.05, 0) is 63.3 Å². The van der Waals surface area contributed by atoms with Gasteiger partial charge in [0.15, 0.2) is 11.6 Å². The van der Waals surface area contributed by atoms with Crippen LogP contribution in [0.15, 0.2) is 42.7 Å². The monoisotopic (exact) mass is 546 g/mol. The number of nitrogens with two attached hydrogens (primary N) is 1. The van der Waals surface area contributed by atoms with Crippen LogP contribution >= 0.6 is 11.3 Å². The maximum Gasteiger partial charge on any atom is 0.166 e. The zero-order chi connectivity index (χ0) is 27.2. The van der Waals surface area contributed by atoms with Crippen LogP contribution in [0.5, 0.6) is 5.75 Å². The van der Waals surface area contributed by atoms with Crippen molar-refractivity contribution in [2.45, 2.75) is 63.7 Å². The van der Waals surface area contributed by atoms with Crippen molar-refractivity contribution in [3.8, 4) is 28.0 Å². The first kappa shape index (κ1) is 27.6. The van der Waals surface area contributed by atoms with Crippen LogP contribution < -0.4 is 10.5 Å². The number of aromatic nitrogens is 2. The molecule has 2 aliphatic rings. The minimum absolute atomic E-state index is 0.374. The second-order valence-electron chi connectivity index (χ2n) is 10.8. The van der Waals surface area contributed by atoms with Crippen LogP contribution in [0.3, 0.4) is 0 Å². The Morgan fingerprint density at radius 1 is 1.10 bits per heavy atom. The Morgan fingerprint density at radius 3 is 2.67 bits per heavy atom. The molecule has 206 valence electrons. The first-order chi connectivity index (χ1) is 18.9. The molecule has 5 rings (SSSR count). The molecule has 0 spiro atoms. The van der Waals surface area contributed by atoms with Crippen LogP contribution in [0.2, 0.25) is 0 Å². The molecule has 7 nitrogen and oxygen atoms in total. The van der Waals surface area contributed by atoms with Crippen molar-refractivity contribution in [2.24, 2.45) is 0 Å². The third kappa shape index (κ3) is 7.17. The highest BCUT2D eigenvalue weighted by atomic mass is 32.1. The lowest BCUT2D eigenvalue weighted by Gasteiger charge is -2.38. The number of morpholine rings is 1. The van der Waals surface area contributed by atoms with Crippen LogP contribution in [-0.4, -0.2) is 59.9 Å². The SMILES string of the molecule is COC(C)(C)C#Cc1cccc(COc2cc(-c3cnc(C4CCC(N5CCOCC5)CC4)s3)cnc2N)c1. The molecule has 1 aromatic carbocycles. The molecule has 0 radical (unpaired) electrons. The summed E-state index contributed by atoms with van der Waals surface area (Å²) in [4.78, 5) is 12.9. The van der Waals surface area contributed by atoms with Gasteiger partial charge in [-0.15, -0.1) is 11.3 Å². The van der Waals surface area contributed by atoms with Gasteiger partial charge in [0.2, 0.25) is 0 Å². The van der Waals surface area contributed by atoms with Gasteiger partial charge in [0.1, 0.15) is 12.2 Å². The molecule has 2 N–H and O–H groups in total. The summed E-state index contributed by atoms with van der Waals surface area (Å²) in [5.41, 5.74) is 8.58. The molecule has 1 saturated carbocycles. The minimum Gasteiger partial charge on any atom is -0.485 e. The van der Waals surface area contributed by atoms with Gasteiger partial charge in [-0.1, -0.05) is 24.0 Å². The predicted octanol–water partition coefficient (Wildman–Crippen LogP) is 5.50. The lowest BCUT2D eigenvalue weighted by molar-refractivity contribution is 0.00729. The quantitative estimate of drug-likeness (QED) is 0.392. The number of hydrogen-bond acceptors (Lipinski definition) is 8. The molecular weight excluding hydrogens is 508 g/mol. The number of hydrogen-bond donors (Lipinski definition) is 1. The van der Waals surface area contributed by atoms with Gasteiger partial charge in [0.25, 0.3) is 0 Å². The summed E-state index contributed by atoms with van der Waals surface area (Å²) < 4.78 is 17.0. The molecule has 3 heterocycles. The summed E-state index contributed by atoms with van der Waals surface area (Å²) in [6, 6.07) is 10.7. The van der Waals surface area contributed by atoms with E-state index in [0.717, 1.165) is 47.9 Å². The van der Waals surface area contributed by atoms with Gasteiger partial charge < -0.3 is 19.9 Å². The van der Waals surface area contributed by atoms with Crippen LogP contribution in [0.1, 0.15) is 61.6 Å². The van der Waals surface area contributed by atoms with E-state index in [9.17, 15) is 0 Å². The van der Waals surface area contributed by atoms with Crippen molar-refractivity contribution >= 4 is 17.2 Å². The van der Waals surface area contributed by atoms with Gasteiger partial charge in [-0.25, -0.2) is 9.97 Å². The average molecular weight is 547 g/mol. The van der Waals surface area contributed by atoms with Crippen molar-refractivity contribution in [2.75, 3.05) is 39.1 Å². The fourth-order valence-electron chi connectivity index (χ4n) is 5.12. The maximum absolute atomic E-state index is 6.17. The largest absolute Gasteiger partial charge is 0.485 e. The van der Waals surface area contributed by atoms with E-state index >= 15 is 0 Å². The molecule has 2 aromatic heterocycles. The topological polar surface area (TPSA) is 82.7 Å². The minimum atomic E-state index is -0.494. The zero-order valence-corrected chi connectivity index (χ0v) is 23.9. The number of benzene rings is 1. The summed E-state index contributed by atoms with van der Waals surface area (Å²) in [5.74, 6) is 7.82. The Kier molecular flexibility index (Phi) is 8.83. The summed E-state index contributed by atoms with van der Waals surface area (Å²) in [5, 5.41) is 1.22. The number of pyridine rings is 1. The molecule has 0 atom stereocenters. The van der Waals surface area contributed by atoms with Crippen LogP contribution in [0, 0.1) is 11.8 Å².